The highest BCUT2D eigenvalue weighted by atomic mass is 32.1. The van der Waals surface area contributed by atoms with Crippen molar-refractivity contribution >= 4 is 33.2 Å². The average molecular weight is 371 g/mol. The lowest BCUT2D eigenvalue weighted by Crippen LogP contribution is -2.30. The number of nitrogens with zero attached hydrogens (tertiary/aromatic N) is 1. The molecule has 0 fully saturated rings. The van der Waals surface area contributed by atoms with Crippen LogP contribution in [0.15, 0.2) is 40.3 Å². The maximum Gasteiger partial charge on any atom is 0.273 e. The van der Waals surface area contributed by atoms with Crippen molar-refractivity contribution in [3.8, 4) is 0 Å². The fraction of sp³-hybridized carbons (Fsp3) is 0.316. The van der Waals surface area contributed by atoms with Crippen LogP contribution in [-0.4, -0.2) is 16.8 Å². The summed E-state index contributed by atoms with van der Waals surface area (Å²) in [5.74, 6) is -0.0571. The van der Waals surface area contributed by atoms with Gasteiger partial charge in [0.15, 0.2) is 5.69 Å². The van der Waals surface area contributed by atoms with Crippen molar-refractivity contribution < 1.29 is 14.0 Å². The molecular weight excluding hydrogens is 350 g/mol. The number of hydrogen-bond donors (Lipinski definition) is 2. The highest BCUT2D eigenvalue weighted by molar-refractivity contribution is 7.17. The van der Waals surface area contributed by atoms with E-state index in [0.717, 1.165) is 5.56 Å². The van der Waals surface area contributed by atoms with Crippen LogP contribution in [0.3, 0.4) is 0 Å². The molecule has 2 N–H and O–H groups in total. The zero-order chi connectivity index (χ0) is 18.7. The van der Waals surface area contributed by atoms with Gasteiger partial charge in [0, 0.05) is 18.2 Å². The molecule has 0 aliphatic rings. The molecule has 0 aliphatic heterocycles. The van der Waals surface area contributed by atoms with Crippen LogP contribution in [0.25, 0.3) is 10.1 Å². The number of carbonyl (C=O) groups excluding carboxylic acids is 2. The Kier molecular flexibility index (Phi) is 5.37. The third kappa shape index (κ3) is 4.11. The number of nitrogens with one attached hydrogen (secondary N) is 2. The summed E-state index contributed by atoms with van der Waals surface area (Å²) in [5.41, 5.74) is 1.22. The van der Waals surface area contributed by atoms with Gasteiger partial charge in [0.1, 0.15) is 12.3 Å². The second-order valence-electron chi connectivity index (χ2n) is 6.47. The van der Waals surface area contributed by atoms with Crippen molar-refractivity contribution in [2.75, 3.05) is 0 Å². The van der Waals surface area contributed by atoms with Crippen LogP contribution in [0.2, 0.25) is 0 Å². The Bertz CT molecular complexity index is 929. The van der Waals surface area contributed by atoms with Gasteiger partial charge in [-0.15, -0.1) is 11.3 Å². The van der Waals surface area contributed by atoms with Gasteiger partial charge in [0.2, 0.25) is 11.8 Å². The Hall–Kier alpha value is -2.67. The first-order chi connectivity index (χ1) is 12.4. The predicted octanol–water partition coefficient (Wildman–Crippen LogP) is 3.65. The fourth-order valence-electron chi connectivity index (χ4n) is 2.67. The zero-order valence-electron chi connectivity index (χ0n) is 14.9. The van der Waals surface area contributed by atoms with Crippen LogP contribution in [0.4, 0.5) is 0 Å². The zero-order valence-corrected chi connectivity index (χ0v) is 15.7. The van der Waals surface area contributed by atoms with Crippen LogP contribution in [-0.2, 0) is 11.3 Å². The smallest absolute Gasteiger partial charge is 0.273 e. The highest BCUT2D eigenvalue weighted by Gasteiger charge is 2.23. The van der Waals surface area contributed by atoms with Gasteiger partial charge in [-0.1, -0.05) is 19.9 Å². The summed E-state index contributed by atoms with van der Waals surface area (Å²) in [5, 5.41) is 8.86. The van der Waals surface area contributed by atoms with Crippen molar-refractivity contribution in [1.29, 1.82) is 0 Å². The summed E-state index contributed by atoms with van der Waals surface area (Å²) in [7, 11) is 0. The normalized spacial score (nSPS) is 12.3. The van der Waals surface area contributed by atoms with Crippen LogP contribution >= 0.6 is 11.3 Å². The molecule has 2 amide bonds. The molecule has 1 atom stereocenters. The van der Waals surface area contributed by atoms with Crippen LogP contribution in [0, 0.1) is 5.92 Å². The van der Waals surface area contributed by atoms with Crippen LogP contribution in [0.5, 0.6) is 0 Å². The molecule has 2 aromatic heterocycles. The Morgan fingerprint density at radius 1 is 1.27 bits per heavy atom. The minimum atomic E-state index is -0.366. The summed E-state index contributed by atoms with van der Waals surface area (Å²) in [6.45, 7) is 5.75. The van der Waals surface area contributed by atoms with E-state index >= 15 is 0 Å². The summed E-state index contributed by atoms with van der Waals surface area (Å²) in [6.07, 6.45) is 1.32. The fourth-order valence-corrected chi connectivity index (χ4v) is 3.44. The Labute approximate surface area is 155 Å². The van der Waals surface area contributed by atoms with E-state index in [9.17, 15) is 9.59 Å². The molecule has 2 heterocycles. The Morgan fingerprint density at radius 2 is 2.08 bits per heavy atom. The summed E-state index contributed by atoms with van der Waals surface area (Å²) < 4.78 is 6.65. The predicted molar refractivity (Wildman–Crippen MR) is 101 cm³/mol. The van der Waals surface area contributed by atoms with Crippen LogP contribution in [0.1, 0.15) is 48.8 Å². The van der Waals surface area contributed by atoms with E-state index in [4.69, 9.17) is 4.42 Å². The first-order valence-electron chi connectivity index (χ1n) is 8.41. The standard InChI is InChI=1S/C19H21N3O3S/c1-11(2)17(21-12(3)23)19-22-15(10-25-19)18(24)20-9-13-4-5-16-14(8-13)6-7-26-16/h4-8,10-11,17H,9H2,1-3H3,(H,20,24)(H,21,23)/t17-/m0/s1. The lowest BCUT2D eigenvalue weighted by Gasteiger charge is -2.17. The third-order valence-electron chi connectivity index (χ3n) is 4.02. The van der Waals surface area contributed by atoms with Crippen molar-refractivity contribution in [2.45, 2.75) is 33.4 Å². The van der Waals surface area contributed by atoms with E-state index in [2.05, 4.69) is 33.8 Å². The summed E-state index contributed by atoms with van der Waals surface area (Å²) >= 11 is 1.69. The first kappa shape index (κ1) is 18.1. The lowest BCUT2D eigenvalue weighted by atomic mass is 10.0. The van der Waals surface area contributed by atoms with E-state index in [-0.39, 0.29) is 29.5 Å². The molecule has 0 unspecified atom stereocenters. The quantitative estimate of drug-likeness (QED) is 0.693. The van der Waals surface area contributed by atoms with E-state index in [1.165, 1.54) is 23.3 Å². The minimum Gasteiger partial charge on any atom is -0.446 e. The third-order valence-corrected chi connectivity index (χ3v) is 4.91. The number of hydrogen-bond acceptors (Lipinski definition) is 5. The maximum atomic E-state index is 12.3. The second kappa shape index (κ2) is 7.70. The molecule has 0 saturated heterocycles. The van der Waals surface area contributed by atoms with Gasteiger partial charge in [0.25, 0.3) is 5.91 Å². The van der Waals surface area contributed by atoms with Gasteiger partial charge in [-0.25, -0.2) is 4.98 Å². The largest absolute Gasteiger partial charge is 0.446 e. The lowest BCUT2D eigenvalue weighted by molar-refractivity contribution is -0.120. The van der Waals surface area contributed by atoms with Gasteiger partial charge >= 0.3 is 0 Å². The van der Waals surface area contributed by atoms with E-state index in [1.54, 1.807) is 11.3 Å². The molecular formula is C19H21N3O3S. The van der Waals surface area contributed by atoms with Gasteiger partial charge in [-0.05, 0) is 40.4 Å². The Morgan fingerprint density at radius 3 is 2.81 bits per heavy atom. The summed E-state index contributed by atoms with van der Waals surface area (Å²) in [6, 6.07) is 7.81. The van der Waals surface area contributed by atoms with Gasteiger partial charge < -0.3 is 15.1 Å². The van der Waals surface area contributed by atoms with Crippen LogP contribution < -0.4 is 10.6 Å². The number of thiophene rings is 1. The number of fused-ring (bicyclic) bond motifs is 1. The van der Waals surface area contributed by atoms with E-state index < -0.39 is 0 Å². The molecule has 7 heteroatoms. The van der Waals surface area contributed by atoms with Gasteiger partial charge in [-0.3, -0.25) is 9.59 Å². The molecule has 0 spiro atoms. The molecule has 1 aromatic carbocycles. The van der Waals surface area contributed by atoms with Crippen molar-refractivity contribution in [2.24, 2.45) is 5.92 Å². The SMILES string of the molecule is CC(=O)N[C@H](c1nc(C(=O)NCc2ccc3sccc3c2)co1)C(C)C. The molecule has 3 rings (SSSR count). The van der Waals surface area contributed by atoms with Gasteiger partial charge in [0.05, 0.1) is 0 Å². The van der Waals surface area contributed by atoms with E-state index in [1.807, 2.05) is 25.3 Å². The summed E-state index contributed by atoms with van der Waals surface area (Å²) in [4.78, 5) is 27.9. The highest BCUT2D eigenvalue weighted by Crippen LogP contribution is 2.22. The number of benzene rings is 1. The number of carbonyl (C=O) groups is 2. The molecule has 26 heavy (non-hydrogen) atoms. The minimum absolute atomic E-state index is 0.0887. The van der Waals surface area contributed by atoms with Crippen molar-refractivity contribution in [1.82, 2.24) is 15.6 Å². The molecule has 6 nitrogen and oxygen atoms in total. The molecule has 0 radical (unpaired) electrons. The number of rotatable bonds is 6. The molecule has 136 valence electrons. The maximum absolute atomic E-state index is 12.3. The topological polar surface area (TPSA) is 84.2 Å². The molecule has 0 aliphatic carbocycles. The monoisotopic (exact) mass is 371 g/mol. The second-order valence-corrected chi connectivity index (χ2v) is 7.42. The Balaban J connectivity index is 1.66. The van der Waals surface area contributed by atoms with Gasteiger partial charge in [-0.2, -0.15) is 0 Å². The number of aromatic nitrogens is 1. The molecule has 0 saturated carbocycles. The van der Waals surface area contributed by atoms with Crippen molar-refractivity contribution in [3.63, 3.8) is 0 Å². The average Bonchev–Trinajstić information content (AvgIpc) is 3.25. The van der Waals surface area contributed by atoms with Crippen molar-refractivity contribution in [3.05, 3.63) is 53.1 Å². The van der Waals surface area contributed by atoms with E-state index in [0.29, 0.717) is 12.4 Å². The molecule has 0 bridgehead atoms. The number of oxazole rings is 1. The first-order valence-corrected chi connectivity index (χ1v) is 9.29. The number of amides is 2. The molecule has 3 aromatic rings.